The number of aryl methyl sites for hydroxylation is 2. The van der Waals surface area contributed by atoms with Crippen molar-refractivity contribution in [3.05, 3.63) is 94.3 Å². The van der Waals surface area contributed by atoms with Gasteiger partial charge in [-0.15, -0.1) is 0 Å². The van der Waals surface area contributed by atoms with Crippen LogP contribution in [-0.4, -0.2) is 12.1 Å². The number of ether oxygens (including phenoxy) is 1. The second-order valence-electron chi connectivity index (χ2n) is 9.32. The third kappa shape index (κ3) is 5.61. The van der Waals surface area contributed by atoms with Gasteiger partial charge < -0.3 is 4.74 Å². The molecular weight excluding hydrogens is 449 g/mol. The molecule has 1 fully saturated rings. The van der Waals surface area contributed by atoms with E-state index >= 15 is 4.39 Å². The van der Waals surface area contributed by atoms with Gasteiger partial charge in [-0.2, -0.15) is 0 Å². The van der Waals surface area contributed by atoms with Gasteiger partial charge in [0, 0.05) is 5.56 Å². The van der Waals surface area contributed by atoms with Gasteiger partial charge in [-0.05, 0) is 78.8 Å². The molecule has 0 atom stereocenters. The van der Waals surface area contributed by atoms with Gasteiger partial charge in [-0.1, -0.05) is 62.7 Å². The first-order valence-electron chi connectivity index (χ1n) is 12.5. The van der Waals surface area contributed by atoms with Gasteiger partial charge in [-0.3, -0.25) is 0 Å². The Morgan fingerprint density at radius 2 is 1.60 bits per heavy atom. The summed E-state index contributed by atoms with van der Waals surface area (Å²) in [4.78, 5) is 12.4. The lowest BCUT2D eigenvalue weighted by Gasteiger charge is -2.29. The lowest BCUT2D eigenvalue weighted by molar-refractivity contribution is 0.0193. The predicted octanol–water partition coefficient (Wildman–Crippen LogP) is 8.17. The van der Waals surface area contributed by atoms with Gasteiger partial charge in [-0.25, -0.2) is 18.0 Å². The van der Waals surface area contributed by atoms with E-state index in [9.17, 15) is 13.6 Å². The van der Waals surface area contributed by atoms with E-state index in [2.05, 4.69) is 6.92 Å². The van der Waals surface area contributed by atoms with E-state index in [0.717, 1.165) is 12.8 Å². The van der Waals surface area contributed by atoms with E-state index in [-0.39, 0.29) is 23.1 Å². The fourth-order valence-corrected chi connectivity index (χ4v) is 4.91. The summed E-state index contributed by atoms with van der Waals surface area (Å²) in [7, 11) is 0. The molecule has 4 rings (SSSR count). The van der Waals surface area contributed by atoms with Crippen LogP contribution in [-0.2, 0) is 17.6 Å². The SMILES string of the molecule is CCCc1ccc(-c2ccc(C3CCC(OC(=O)c4ccc(CC)c(F)c4)CC3)c(F)c2F)cc1. The minimum Gasteiger partial charge on any atom is -0.459 e. The number of rotatable bonds is 7. The Balaban J connectivity index is 1.39. The molecule has 0 unspecified atom stereocenters. The summed E-state index contributed by atoms with van der Waals surface area (Å²) in [6, 6.07) is 15.3. The number of esters is 1. The Kier molecular flexibility index (Phi) is 7.94. The van der Waals surface area contributed by atoms with E-state index in [1.807, 2.05) is 31.2 Å². The van der Waals surface area contributed by atoms with Crippen molar-refractivity contribution in [2.24, 2.45) is 0 Å². The monoisotopic (exact) mass is 480 g/mol. The van der Waals surface area contributed by atoms with Crippen molar-refractivity contribution in [3.8, 4) is 11.1 Å². The normalized spacial score (nSPS) is 17.9. The van der Waals surface area contributed by atoms with Crippen molar-refractivity contribution in [2.45, 2.75) is 70.8 Å². The van der Waals surface area contributed by atoms with E-state index in [4.69, 9.17) is 4.74 Å². The lowest BCUT2D eigenvalue weighted by atomic mass is 9.82. The first-order valence-corrected chi connectivity index (χ1v) is 12.5. The van der Waals surface area contributed by atoms with Crippen molar-refractivity contribution in [1.29, 1.82) is 0 Å². The molecule has 3 aromatic carbocycles. The lowest BCUT2D eigenvalue weighted by Crippen LogP contribution is -2.24. The Morgan fingerprint density at radius 3 is 2.23 bits per heavy atom. The summed E-state index contributed by atoms with van der Waals surface area (Å²) in [5.41, 5.74) is 3.21. The van der Waals surface area contributed by atoms with Gasteiger partial charge in [0.25, 0.3) is 0 Å². The quantitative estimate of drug-likeness (QED) is 0.319. The summed E-state index contributed by atoms with van der Waals surface area (Å²) >= 11 is 0. The predicted molar refractivity (Wildman–Crippen MR) is 132 cm³/mol. The summed E-state index contributed by atoms with van der Waals surface area (Å²) in [5, 5.41) is 0. The molecule has 0 spiro atoms. The first kappa shape index (κ1) is 25.0. The zero-order valence-corrected chi connectivity index (χ0v) is 20.3. The number of carbonyl (C=O) groups excluding carboxylic acids is 1. The van der Waals surface area contributed by atoms with Crippen LogP contribution in [0.3, 0.4) is 0 Å². The van der Waals surface area contributed by atoms with Crippen LogP contribution >= 0.6 is 0 Å². The molecule has 0 heterocycles. The highest BCUT2D eigenvalue weighted by atomic mass is 19.2. The Labute approximate surface area is 205 Å². The smallest absolute Gasteiger partial charge is 0.338 e. The van der Waals surface area contributed by atoms with Gasteiger partial charge in [0.15, 0.2) is 11.6 Å². The van der Waals surface area contributed by atoms with Crippen molar-refractivity contribution >= 4 is 5.97 Å². The highest BCUT2D eigenvalue weighted by Crippen LogP contribution is 2.38. The molecule has 0 saturated heterocycles. The van der Waals surface area contributed by atoms with Crippen LogP contribution in [0.5, 0.6) is 0 Å². The Morgan fingerprint density at radius 1 is 0.886 bits per heavy atom. The average molecular weight is 481 g/mol. The molecule has 184 valence electrons. The number of hydrogen-bond acceptors (Lipinski definition) is 2. The topological polar surface area (TPSA) is 26.3 Å². The number of benzene rings is 3. The fraction of sp³-hybridized carbons (Fsp3) is 0.367. The summed E-state index contributed by atoms with van der Waals surface area (Å²) in [6.45, 7) is 3.95. The maximum Gasteiger partial charge on any atom is 0.338 e. The molecule has 0 aliphatic heterocycles. The Bertz CT molecular complexity index is 1180. The molecule has 0 aromatic heterocycles. The largest absolute Gasteiger partial charge is 0.459 e. The number of halogens is 3. The van der Waals surface area contributed by atoms with Crippen LogP contribution in [0.2, 0.25) is 0 Å². The molecule has 5 heteroatoms. The maximum absolute atomic E-state index is 15.1. The minimum atomic E-state index is -0.822. The third-order valence-electron chi connectivity index (χ3n) is 6.97. The third-order valence-corrected chi connectivity index (χ3v) is 6.97. The first-order chi connectivity index (χ1) is 16.9. The molecule has 1 aliphatic carbocycles. The van der Waals surface area contributed by atoms with Gasteiger partial charge in [0.05, 0.1) is 5.56 Å². The van der Waals surface area contributed by atoms with Crippen molar-refractivity contribution in [3.63, 3.8) is 0 Å². The van der Waals surface area contributed by atoms with Gasteiger partial charge >= 0.3 is 5.97 Å². The zero-order chi connectivity index (χ0) is 24.9. The van der Waals surface area contributed by atoms with Crippen molar-refractivity contribution in [1.82, 2.24) is 0 Å². The maximum atomic E-state index is 15.1. The van der Waals surface area contributed by atoms with Gasteiger partial charge in [0.1, 0.15) is 11.9 Å². The van der Waals surface area contributed by atoms with Crippen LogP contribution in [0.1, 0.15) is 78.9 Å². The zero-order valence-electron chi connectivity index (χ0n) is 20.3. The molecule has 0 bridgehead atoms. The van der Waals surface area contributed by atoms with E-state index < -0.39 is 23.4 Å². The highest BCUT2D eigenvalue weighted by molar-refractivity contribution is 5.89. The molecule has 0 N–H and O–H groups in total. The van der Waals surface area contributed by atoms with Crippen molar-refractivity contribution < 1.29 is 22.7 Å². The Hall–Kier alpha value is -3.08. The van der Waals surface area contributed by atoms with E-state index in [0.29, 0.717) is 48.8 Å². The van der Waals surface area contributed by atoms with E-state index in [1.165, 1.54) is 11.6 Å². The molecule has 3 aromatic rings. The minimum absolute atomic E-state index is 0.137. The fourth-order valence-electron chi connectivity index (χ4n) is 4.91. The van der Waals surface area contributed by atoms with Crippen molar-refractivity contribution in [2.75, 3.05) is 0 Å². The van der Waals surface area contributed by atoms with Crippen LogP contribution in [0.25, 0.3) is 11.1 Å². The molecule has 35 heavy (non-hydrogen) atoms. The summed E-state index contributed by atoms with van der Waals surface area (Å²) < 4.78 is 49.6. The summed E-state index contributed by atoms with van der Waals surface area (Å²) in [5.74, 6) is -2.73. The molecular formula is C30H31F3O2. The van der Waals surface area contributed by atoms with Crippen LogP contribution < -0.4 is 0 Å². The molecule has 1 aliphatic rings. The molecule has 0 radical (unpaired) electrons. The van der Waals surface area contributed by atoms with Crippen LogP contribution in [0.15, 0.2) is 54.6 Å². The van der Waals surface area contributed by atoms with Crippen LogP contribution in [0, 0.1) is 17.5 Å². The molecule has 1 saturated carbocycles. The number of hydrogen-bond donors (Lipinski definition) is 0. The standard InChI is InChI=1S/C30H31F3O2/c1-3-5-19-6-8-21(9-7-19)25-16-17-26(29(33)28(25)32)22-12-14-24(15-13-22)35-30(34)23-11-10-20(4-2)27(31)18-23/h6-11,16-18,22,24H,3-5,12-15H2,1-2H3. The average Bonchev–Trinajstić information content (AvgIpc) is 2.87. The number of carbonyl (C=O) groups is 1. The van der Waals surface area contributed by atoms with Crippen LogP contribution in [0.4, 0.5) is 13.2 Å². The van der Waals surface area contributed by atoms with Gasteiger partial charge in [0.2, 0.25) is 0 Å². The second-order valence-corrected chi connectivity index (χ2v) is 9.32. The molecule has 2 nitrogen and oxygen atoms in total. The highest BCUT2D eigenvalue weighted by Gasteiger charge is 2.28. The van der Waals surface area contributed by atoms with E-state index in [1.54, 1.807) is 24.3 Å². The second kappa shape index (κ2) is 11.1. The summed E-state index contributed by atoms with van der Waals surface area (Å²) in [6.07, 6.45) is 4.49. The molecule has 0 amide bonds.